The number of carboxylic acids is 1. The summed E-state index contributed by atoms with van der Waals surface area (Å²) in [5, 5.41) is 10.2. The maximum atomic E-state index is 11.6. The number of hydrogen-bond donors (Lipinski definition) is 2. The highest BCUT2D eigenvalue weighted by Gasteiger charge is 2.20. The normalized spacial score (nSPS) is 10.6. The van der Waals surface area contributed by atoms with Crippen molar-refractivity contribution in [1.29, 1.82) is 0 Å². The van der Waals surface area contributed by atoms with E-state index in [4.69, 9.17) is 5.73 Å². The van der Waals surface area contributed by atoms with Crippen molar-refractivity contribution in [2.24, 2.45) is 5.73 Å². The van der Waals surface area contributed by atoms with Gasteiger partial charge in [-0.05, 0) is 11.1 Å². The average molecular weight is 310 g/mol. The highest BCUT2D eigenvalue weighted by atomic mass is 32.1. The second-order valence-corrected chi connectivity index (χ2v) is 5.73. The molecule has 5 heteroatoms. The van der Waals surface area contributed by atoms with Gasteiger partial charge in [0.05, 0.1) is 4.88 Å². The molecule has 110 valence electrons. The maximum Gasteiger partial charge on any atom is 0.356 e. The van der Waals surface area contributed by atoms with Crippen LogP contribution in [0.15, 0.2) is 54.6 Å². The Balaban J connectivity index is 2.19. The van der Waals surface area contributed by atoms with E-state index >= 15 is 0 Å². The molecule has 0 saturated heterocycles. The van der Waals surface area contributed by atoms with E-state index in [0.29, 0.717) is 16.4 Å². The zero-order valence-electron chi connectivity index (χ0n) is 11.7. The van der Waals surface area contributed by atoms with Crippen LogP contribution < -0.4 is 5.73 Å². The van der Waals surface area contributed by atoms with Crippen LogP contribution in [0.2, 0.25) is 0 Å². The van der Waals surface area contributed by atoms with Gasteiger partial charge in [-0.25, -0.2) is 9.78 Å². The van der Waals surface area contributed by atoms with Gasteiger partial charge >= 0.3 is 5.97 Å². The highest BCUT2D eigenvalue weighted by molar-refractivity contribution is 7.18. The quantitative estimate of drug-likeness (QED) is 0.771. The first kappa shape index (κ1) is 14.4. The summed E-state index contributed by atoms with van der Waals surface area (Å²) in [4.78, 5) is 16.5. The largest absolute Gasteiger partial charge is 0.476 e. The molecule has 0 unspecified atom stereocenters. The molecule has 0 saturated carbocycles. The first-order valence-corrected chi connectivity index (χ1v) is 7.60. The molecule has 0 fully saturated rings. The number of aromatic nitrogens is 1. The van der Waals surface area contributed by atoms with Crippen molar-refractivity contribution in [2.75, 3.05) is 0 Å². The van der Waals surface area contributed by atoms with Gasteiger partial charge in [-0.1, -0.05) is 54.6 Å². The molecule has 4 nitrogen and oxygen atoms in total. The number of aromatic carboxylic acids is 1. The van der Waals surface area contributed by atoms with Gasteiger partial charge in [0.15, 0.2) is 5.69 Å². The van der Waals surface area contributed by atoms with Crippen molar-refractivity contribution in [3.8, 4) is 21.0 Å². The van der Waals surface area contributed by atoms with Gasteiger partial charge in [0, 0.05) is 12.1 Å². The molecule has 3 N–H and O–H groups in total. The minimum atomic E-state index is -1.03. The molecule has 0 aliphatic rings. The molecular weight excluding hydrogens is 296 g/mol. The number of hydrogen-bond acceptors (Lipinski definition) is 4. The third-order valence-corrected chi connectivity index (χ3v) is 4.47. The Bertz CT molecular complexity index is 813. The Hall–Kier alpha value is -2.50. The van der Waals surface area contributed by atoms with E-state index in [0.717, 1.165) is 16.7 Å². The van der Waals surface area contributed by atoms with Gasteiger partial charge in [-0.15, -0.1) is 11.3 Å². The molecule has 1 aromatic heterocycles. The Kier molecular flexibility index (Phi) is 4.00. The standard InChI is InChI=1S/C17H14N2O2S/c18-10-12-8-4-5-9-13(12)15-14(17(20)21)19-16(22-15)11-6-2-1-3-7-11/h1-9H,10,18H2,(H,20,21). The number of nitrogens with zero attached hydrogens (tertiary/aromatic N) is 1. The zero-order valence-corrected chi connectivity index (χ0v) is 12.5. The van der Waals surface area contributed by atoms with Crippen LogP contribution in [0.5, 0.6) is 0 Å². The van der Waals surface area contributed by atoms with E-state index in [1.165, 1.54) is 11.3 Å². The molecule has 22 heavy (non-hydrogen) atoms. The van der Waals surface area contributed by atoms with Crippen LogP contribution in [-0.4, -0.2) is 16.1 Å². The first-order valence-electron chi connectivity index (χ1n) is 6.78. The van der Waals surface area contributed by atoms with Gasteiger partial charge in [0.2, 0.25) is 0 Å². The van der Waals surface area contributed by atoms with Crippen LogP contribution in [0.4, 0.5) is 0 Å². The fourth-order valence-corrected chi connectivity index (χ4v) is 3.39. The molecule has 3 rings (SSSR count). The smallest absolute Gasteiger partial charge is 0.356 e. The molecule has 0 amide bonds. The van der Waals surface area contributed by atoms with Crippen molar-refractivity contribution in [2.45, 2.75) is 6.54 Å². The Morgan fingerprint density at radius 3 is 2.45 bits per heavy atom. The Morgan fingerprint density at radius 1 is 1.09 bits per heavy atom. The van der Waals surface area contributed by atoms with Crippen LogP contribution in [0.1, 0.15) is 16.1 Å². The average Bonchev–Trinajstić information content (AvgIpc) is 3.01. The van der Waals surface area contributed by atoms with Gasteiger partial charge in [0.1, 0.15) is 5.01 Å². The van der Waals surface area contributed by atoms with E-state index in [1.54, 1.807) is 0 Å². The molecule has 0 aliphatic carbocycles. The van der Waals surface area contributed by atoms with Gasteiger partial charge in [0.25, 0.3) is 0 Å². The third kappa shape index (κ3) is 2.64. The Morgan fingerprint density at radius 2 is 1.77 bits per heavy atom. The third-order valence-electron chi connectivity index (χ3n) is 3.33. The summed E-state index contributed by atoms with van der Waals surface area (Å²) >= 11 is 1.38. The lowest BCUT2D eigenvalue weighted by atomic mass is 10.1. The molecule has 1 heterocycles. The fraction of sp³-hybridized carbons (Fsp3) is 0.0588. The molecule has 0 atom stereocenters. The number of benzene rings is 2. The van der Waals surface area contributed by atoms with Gasteiger partial charge in [-0.2, -0.15) is 0 Å². The fourth-order valence-electron chi connectivity index (χ4n) is 2.27. The van der Waals surface area contributed by atoms with E-state index in [2.05, 4.69) is 4.98 Å². The lowest BCUT2D eigenvalue weighted by Gasteiger charge is -2.05. The summed E-state index contributed by atoms with van der Waals surface area (Å²) in [6.07, 6.45) is 0. The van der Waals surface area contributed by atoms with Crippen molar-refractivity contribution >= 4 is 17.3 Å². The number of carbonyl (C=O) groups is 1. The predicted molar refractivity (Wildman–Crippen MR) is 87.8 cm³/mol. The van der Waals surface area contributed by atoms with Crippen molar-refractivity contribution in [3.63, 3.8) is 0 Å². The molecule has 0 aliphatic heterocycles. The van der Waals surface area contributed by atoms with Crippen molar-refractivity contribution in [1.82, 2.24) is 4.98 Å². The van der Waals surface area contributed by atoms with Crippen molar-refractivity contribution < 1.29 is 9.90 Å². The monoisotopic (exact) mass is 310 g/mol. The summed E-state index contributed by atoms with van der Waals surface area (Å²) in [5.74, 6) is -1.03. The maximum absolute atomic E-state index is 11.6. The number of nitrogens with two attached hydrogens (primary N) is 1. The lowest BCUT2D eigenvalue weighted by Crippen LogP contribution is -2.02. The van der Waals surface area contributed by atoms with Crippen LogP contribution >= 0.6 is 11.3 Å². The lowest BCUT2D eigenvalue weighted by molar-refractivity contribution is 0.0692. The second kappa shape index (κ2) is 6.09. The van der Waals surface area contributed by atoms with E-state index in [-0.39, 0.29) is 5.69 Å². The molecule has 3 aromatic rings. The van der Waals surface area contributed by atoms with Crippen molar-refractivity contribution in [3.05, 3.63) is 65.9 Å². The van der Waals surface area contributed by atoms with Crippen LogP contribution in [0.3, 0.4) is 0 Å². The second-order valence-electron chi connectivity index (χ2n) is 4.73. The van der Waals surface area contributed by atoms with Crippen LogP contribution in [0, 0.1) is 0 Å². The molecular formula is C17H14N2O2S. The van der Waals surface area contributed by atoms with Gasteiger partial charge < -0.3 is 10.8 Å². The van der Waals surface area contributed by atoms with E-state index in [9.17, 15) is 9.90 Å². The summed E-state index contributed by atoms with van der Waals surface area (Å²) in [6.45, 7) is 0.355. The summed E-state index contributed by atoms with van der Waals surface area (Å²) in [5.41, 5.74) is 8.50. The predicted octanol–water partition coefficient (Wildman–Crippen LogP) is 3.63. The van der Waals surface area contributed by atoms with E-state index in [1.807, 2.05) is 54.6 Å². The van der Waals surface area contributed by atoms with Crippen LogP contribution in [0.25, 0.3) is 21.0 Å². The minimum Gasteiger partial charge on any atom is -0.476 e. The first-order chi connectivity index (χ1) is 10.7. The number of rotatable bonds is 4. The SMILES string of the molecule is NCc1ccccc1-c1sc(-c2ccccc2)nc1C(=O)O. The minimum absolute atomic E-state index is 0.0738. The summed E-state index contributed by atoms with van der Waals surface area (Å²) < 4.78 is 0. The number of carboxylic acid groups (broad SMARTS) is 1. The van der Waals surface area contributed by atoms with Gasteiger partial charge in [-0.3, -0.25) is 0 Å². The molecule has 0 spiro atoms. The van der Waals surface area contributed by atoms with Crippen LogP contribution in [-0.2, 0) is 6.54 Å². The Labute approximate surface area is 131 Å². The molecule has 0 bridgehead atoms. The molecule has 2 aromatic carbocycles. The molecule has 0 radical (unpaired) electrons. The number of thiazole rings is 1. The summed E-state index contributed by atoms with van der Waals surface area (Å²) in [7, 11) is 0. The zero-order chi connectivity index (χ0) is 15.5. The summed E-state index contributed by atoms with van der Waals surface area (Å²) in [6, 6.07) is 17.1. The highest BCUT2D eigenvalue weighted by Crippen LogP contribution is 2.37. The topological polar surface area (TPSA) is 76.2 Å². The van der Waals surface area contributed by atoms with E-state index < -0.39 is 5.97 Å².